The van der Waals surface area contributed by atoms with E-state index in [1.54, 1.807) is 46.6 Å². The molecule has 2 aromatic carbocycles. The van der Waals surface area contributed by atoms with Crippen molar-refractivity contribution >= 4 is 43.9 Å². The van der Waals surface area contributed by atoms with E-state index in [1.165, 1.54) is 25.2 Å². The molecule has 154 valence electrons. The monoisotopic (exact) mass is 444 g/mol. The number of aromatic nitrogens is 2. The second kappa shape index (κ2) is 7.88. The summed E-state index contributed by atoms with van der Waals surface area (Å²) >= 11 is 1.06. The van der Waals surface area contributed by atoms with Gasteiger partial charge in [0.05, 0.1) is 18.3 Å². The molecule has 0 fully saturated rings. The number of hydrogen-bond donors (Lipinski definition) is 2. The number of rotatable bonds is 6. The lowest BCUT2D eigenvalue weighted by molar-refractivity contribution is 0.0964. The molecule has 0 bridgehead atoms. The van der Waals surface area contributed by atoms with Crippen molar-refractivity contribution in [2.45, 2.75) is 11.4 Å². The zero-order valence-electron chi connectivity index (χ0n) is 15.8. The first-order valence-corrected chi connectivity index (χ1v) is 11.3. The highest BCUT2D eigenvalue weighted by Gasteiger charge is 2.23. The summed E-state index contributed by atoms with van der Waals surface area (Å²) in [6.07, 6.45) is 1.64. The molecule has 7 nitrogen and oxygen atoms in total. The molecule has 0 spiro atoms. The fourth-order valence-electron chi connectivity index (χ4n) is 3.04. The predicted molar refractivity (Wildman–Crippen MR) is 114 cm³/mol. The molecular formula is C20H17FN4O3S2. The Labute approximate surface area is 176 Å². The number of anilines is 1. The molecule has 0 aliphatic heterocycles. The van der Waals surface area contributed by atoms with Crippen LogP contribution in [0.15, 0.2) is 65.0 Å². The number of thiophene rings is 1. The van der Waals surface area contributed by atoms with Crippen LogP contribution in [-0.2, 0) is 16.6 Å². The summed E-state index contributed by atoms with van der Waals surface area (Å²) < 4.78 is 42.9. The van der Waals surface area contributed by atoms with E-state index >= 15 is 0 Å². The second-order valence-electron chi connectivity index (χ2n) is 6.50. The van der Waals surface area contributed by atoms with Gasteiger partial charge >= 0.3 is 0 Å². The maximum absolute atomic E-state index is 13.1. The zero-order valence-corrected chi connectivity index (χ0v) is 17.4. The summed E-state index contributed by atoms with van der Waals surface area (Å²) in [7, 11) is -2.49. The van der Waals surface area contributed by atoms with Crippen molar-refractivity contribution in [2.75, 3.05) is 11.8 Å². The standard InChI is InChI=1S/C20H17FN4O3S2/c1-22-20(26)19-18(8-9-29-19)30(27,28)24-16-6-7-17-14(10-16)11-23-25(17)12-13-2-4-15(21)5-3-13/h2-11,24H,12H2,1H3,(H,22,26). The van der Waals surface area contributed by atoms with Crippen LogP contribution in [0.25, 0.3) is 10.9 Å². The van der Waals surface area contributed by atoms with Gasteiger partial charge in [-0.2, -0.15) is 5.10 Å². The molecule has 4 rings (SSSR count). The van der Waals surface area contributed by atoms with Gasteiger partial charge in [0.2, 0.25) is 0 Å². The Morgan fingerprint density at radius 1 is 1.17 bits per heavy atom. The normalized spacial score (nSPS) is 11.5. The van der Waals surface area contributed by atoms with E-state index in [0.717, 1.165) is 27.8 Å². The lowest BCUT2D eigenvalue weighted by Gasteiger charge is -2.09. The maximum atomic E-state index is 13.1. The van der Waals surface area contributed by atoms with Gasteiger partial charge in [-0.3, -0.25) is 14.2 Å². The Balaban J connectivity index is 1.59. The highest BCUT2D eigenvalue weighted by molar-refractivity contribution is 7.93. The highest BCUT2D eigenvalue weighted by Crippen LogP contribution is 2.26. The van der Waals surface area contributed by atoms with Crippen molar-refractivity contribution in [1.82, 2.24) is 15.1 Å². The third kappa shape index (κ3) is 3.91. The van der Waals surface area contributed by atoms with Gasteiger partial charge in [-0.05, 0) is 47.3 Å². The predicted octanol–water partition coefficient (Wildman–Crippen LogP) is 3.45. The fraction of sp³-hybridized carbons (Fsp3) is 0.100. The first-order valence-electron chi connectivity index (χ1n) is 8.90. The third-order valence-corrected chi connectivity index (χ3v) is 6.96. The van der Waals surface area contributed by atoms with Crippen molar-refractivity contribution in [3.05, 3.63) is 76.4 Å². The van der Waals surface area contributed by atoms with E-state index in [9.17, 15) is 17.6 Å². The van der Waals surface area contributed by atoms with Gasteiger partial charge in [-0.15, -0.1) is 11.3 Å². The van der Waals surface area contributed by atoms with Crippen molar-refractivity contribution in [1.29, 1.82) is 0 Å². The van der Waals surface area contributed by atoms with Crippen LogP contribution in [0, 0.1) is 5.82 Å². The van der Waals surface area contributed by atoms with Crippen LogP contribution in [0.5, 0.6) is 0 Å². The van der Waals surface area contributed by atoms with Crippen molar-refractivity contribution in [3.63, 3.8) is 0 Å². The average Bonchev–Trinajstić information content (AvgIpc) is 3.37. The molecule has 30 heavy (non-hydrogen) atoms. The smallest absolute Gasteiger partial charge is 0.263 e. The third-order valence-electron chi connectivity index (χ3n) is 4.49. The number of halogens is 1. The number of sulfonamides is 1. The number of fused-ring (bicyclic) bond motifs is 1. The number of nitrogens with one attached hydrogen (secondary N) is 2. The van der Waals surface area contributed by atoms with Crippen molar-refractivity contribution in [2.24, 2.45) is 0 Å². The molecule has 0 radical (unpaired) electrons. The summed E-state index contributed by atoms with van der Waals surface area (Å²) in [5.41, 5.74) is 2.06. The summed E-state index contributed by atoms with van der Waals surface area (Å²) in [6.45, 7) is 0.458. The molecule has 0 unspecified atom stereocenters. The van der Waals surface area contributed by atoms with E-state index in [-0.39, 0.29) is 15.6 Å². The molecule has 0 aliphatic carbocycles. The van der Waals surface area contributed by atoms with Crippen molar-refractivity contribution < 1.29 is 17.6 Å². The number of nitrogens with zero attached hydrogens (tertiary/aromatic N) is 2. The van der Waals surface area contributed by atoms with Crippen molar-refractivity contribution in [3.8, 4) is 0 Å². The lowest BCUT2D eigenvalue weighted by Crippen LogP contribution is -2.21. The van der Waals surface area contributed by atoms with Gasteiger partial charge in [0, 0.05) is 18.1 Å². The van der Waals surface area contributed by atoms with Crippen LogP contribution in [-0.4, -0.2) is 31.2 Å². The summed E-state index contributed by atoms with van der Waals surface area (Å²) in [6, 6.07) is 12.6. The minimum absolute atomic E-state index is 0.0704. The van der Waals surface area contributed by atoms with Crippen LogP contribution in [0.2, 0.25) is 0 Å². The molecule has 0 atom stereocenters. The van der Waals surface area contributed by atoms with Crippen LogP contribution in [0.3, 0.4) is 0 Å². The maximum Gasteiger partial charge on any atom is 0.263 e. The second-order valence-corrected chi connectivity index (χ2v) is 9.07. The molecular weight excluding hydrogens is 427 g/mol. The zero-order chi connectivity index (χ0) is 21.3. The van der Waals surface area contributed by atoms with E-state index < -0.39 is 15.9 Å². The number of carbonyl (C=O) groups excluding carboxylic acids is 1. The Hall–Kier alpha value is -3.24. The van der Waals surface area contributed by atoms with Crippen LogP contribution in [0.1, 0.15) is 15.2 Å². The van der Waals surface area contributed by atoms with Gasteiger partial charge < -0.3 is 5.32 Å². The number of carbonyl (C=O) groups is 1. The van der Waals surface area contributed by atoms with E-state index in [2.05, 4.69) is 15.1 Å². The SMILES string of the molecule is CNC(=O)c1sccc1S(=O)(=O)Nc1ccc2c(cnn2Cc2ccc(F)cc2)c1. The molecule has 2 N–H and O–H groups in total. The number of benzene rings is 2. The van der Waals surface area contributed by atoms with Gasteiger partial charge in [-0.1, -0.05) is 12.1 Å². The Morgan fingerprint density at radius 2 is 1.93 bits per heavy atom. The van der Waals surface area contributed by atoms with Gasteiger partial charge in [-0.25, -0.2) is 12.8 Å². The largest absolute Gasteiger partial charge is 0.354 e. The van der Waals surface area contributed by atoms with Crippen LogP contribution >= 0.6 is 11.3 Å². The molecule has 4 aromatic rings. The van der Waals surface area contributed by atoms with Crippen LogP contribution in [0.4, 0.5) is 10.1 Å². The summed E-state index contributed by atoms with van der Waals surface area (Å²) in [5.74, 6) is -0.755. The topological polar surface area (TPSA) is 93.1 Å². The molecule has 1 amide bonds. The van der Waals surface area contributed by atoms with Crippen LogP contribution < -0.4 is 10.0 Å². The lowest BCUT2D eigenvalue weighted by atomic mass is 10.2. The van der Waals surface area contributed by atoms with Gasteiger partial charge in [0.25, 0.3) is 15.9 Å². The molecule has 2 heterocycles. The van der Waals surface area contributed by atoms with E-state index in [0.29, 0.717) is 12.2 Å². The first-order chi connectivity index (χ1) is 14.4. The minimum atomic E-state index is -3.93. The molecule has 0 aliphatic rings. The molecule has 0 saturated carbocycles. The minimum Gasteiger partial charge on any atom is -0.354 e. The fourth-order valence-corrected chi connectivity index (χ4v) is 5.46. The summed E-state index contributed by atoms with van der Waals surface area (Å²) in [4.78, 5) is 12.0. The van der Waals surface area contributed by atoms with Gasteiger partial charge in [0.15, 0.2) is 0 Å². The van der Waals surface area contributed by atoms with E-state index in [1.807, 2.05) is 0 Å². The molecule has 2 aromatic heterocycles. The number of hydrogen-bond acceptors (Lipinski definition) is 5. The Kier molecular flexibility index (Phi) is 5.27. The van der Waals surface area contributed by atoms with Gasteiger partial charge in [0.1, 0.15) is 15.6 Å². The Morgan fingerprint density at radius 3 is 2.67 bits per heavy atom. The highest BCUT2D eigenvalue weighted by atomic mass is 32.2. The quantitative estimate of drug-likeness (QED) is 0.476. The average molecular weight is 445 g/mol. The first kappa shape index (κ1) is 20.0. The number of amides is 1. The Bertz CT molecular complexity index is 1330. The molecule has 10 heteroatoms. The van der Waals surface area contributed by atoms with E-state index in [4.69, 9.17) is 0 Å². The molecule has 0 saturated heterocycles. The summed E-state index contributed by atoms with van der Waals surface area (Å²) in [5, 5.41) is 9.09.